The summed E-state index contributed by atoms with van der Waals surface area (Å²) in [5.41, 5.74) is -0.823. The summed E-state index contributed by atoms with van der Waals surface area (Å²) < 4.78 is 10.3. The predicted octanol–water partition coefficient (Wildman–Crippen LogP) is 3.01. The molecule has 1 aliphatic rings. The van der Waals surface area contributed by atoms with E-state index in [1.807, 2.05) is 0 Å². The highest BCUT2D eigenvalue weighted by Crippen LogP contribution is 2.43. The van der Waals surface area contributed by atoms with E-state index in [9.17, 15) is 14.4 Å². The highest BCUT2D eigenvalue weighted by molar-refractivity contribution is 6.32. The molecule has 3 rings (SSSR count). The number of methoxy groups -OCH3 is 1. The molecule has 1 saturated heterocycles. The zero-order valence-corrected chi connectivity index (χ0v) is 17.9. The number of rotatable bonds is 9. The Morgan fingerprint density at radius 3 is 2.70 bits per heavy atom. The van der Waals surface area contributed by atoms with Crippen LogP contribution in [-0.4, -0.2) is 54.8 Å². The monoisotopic (exact) mass is 432 g/mol. The first-order valence-electron chi connectivity index (χ1n) is 9.74. The number of furan rings is 1. The first-order valence-corrected chi connectivity index (χ1v) is 10.1. The number of imide groups is 1. The number of carbonyl (C=O) groups is 3. The van der Waals surface area contributed by atoms with Crippen LogP contribution in [0.1, 0.15) is 30.6 Å². The second-order valence-corrected chi connectivity index (χ2v) is 7.85. The molecule has 3 amide bonds. The van der Waals surface area contributed by atoms with E-state index in [2.05, 4.69) is 0 Å². The van der Waals surface area contributed by atoms with Crippen LogP contribution in [-0.2, 0) is 31.1 Å². The summed E-state index contributed by atoms with van der Waals surface area (Å²) >= 11 is 6.42. The molecule has 2 heterocycles. The lowest BCUT2D eigenvalue weighted by atomic mass is 9.75. The van der Waals surface area contributed by atoms with E-state index in [0.717, 1.165) is 0 Å². The van der Waals surface area contributed by atoms with Crippen LogP contribution in [0.5, 0.6) is 0 Å². The Morgan fingerprint density at radius 2 is 2.03 bits per heavy atom. The summed E-state index contributed by atoms with van der Waals surface area (Å²) in [6.07, 6.45) is 1.82. The van der Waals surface area contributed by atoms with Gasteiger partial charge in [-0.25, -0.2) is 0 Å². The van der Waals surface area contributed by atoms with E-state index in [1.54, 1.807) is 50.6 Å². The summed E-state index contributed by atoms with van der Waals surface area (Å²) in [7, 11) is 3.21. The van der Waals surface area contributed by atoms with Gasteiger partial charge in [-0.05, 0) is 30.2 Å². The second-order valence-electron chi connectivity index (χ2n) is 7.44. The Morgan fingerprint density at radius 1 is 1.27 bits per heavy atom. The van der Waals surface area contributed by atoms with Crippen molar-refractivity contribution < 1.29 is 23.5 Å². The molecule has 1 aromatic carbocycles. The number of carbonyl (C=O) groups excluding carboxylic acids is 3. The van der Waals surface area contributed by atoms with Crippen LogP contribution in [0.15, 0.2) is 47.1 Å². The zero-order chi connectivity index (χ0) is 21.7. The molecule has 1 fully saturated rings. The van der Waals surface area contributed by atoms with Crippen molar-refractivity contribution in [3.05, 3.63) is 59.0 Å². The maximum absolute atomic E-state index is 13.5. The third-order valence-corrected chi connectivity index (χ3v) is 5.71. The number of hydrogen-bond acceptors (Lipinski definition) is 5. The number of amides is 3. The van der Waals surface area contributed by atoms with Gasteiger partial charge in [0.05, 0.1) is 18.2 Å². The summed E-state index contributed by atoms with van der Waals surface area (Å²) in [6.45, 7) is 0.944. The van der Waals surface area contributed by atoms with Gasteiger partial charge in [-0.1, -0.05) is 29.8 Å². The van der Waals surface area contributed by atoms with Crippen molar-refractivity contribution in [1.29, 1.82) is 0 Å². The van der Waals surface area contributed by atoms with Gasteiger partial charge in [-0.3, -0.25) is 19.3 Å². The van der Waals surface area contributed by atoms with Crippen LogP contribution >= 0.6 is 11.6 Å². The predicted molar refractivity (Wildman–Crippen MR) is 111 cm³/mol. The average Bonchev–Trinajstić information content (AvgIpc) is 3.30. The maximum atomic E-state index is 13.5. The largest absolute Gasteiger partial charge is 0.467 e. The highest BCUT2D eigenvalue weighted by Gasteiger charge is 2.54. The molecule has 0 spiro atoms. The van der Waals surface area contributed by atoms with E-state index in [1.165, 1.54) is 16.1 Å². The molecule has 7 nitrogen and oxygen atoms in total. The molecule has 2 aromatic rings. The maximum Gasteiger partial charge on any atom is 0.240 e. The standard InChI is InChI=1S/C22H25ClN2O5/c1-24(15-16-7-5-12-30-16)19(26)13-22(17-8-3-4-9-18(17)23)14-20(27)25(21(22)28)10-6-11-29-2/h3-5,7-9,12H,6,10-11,13-15H2,1-2H3. The van der Waals surface area contributed by atoms with E-state index < -0.39 is 11.3 Å². The summed E-state index contributed by atoms with van der Waals surface area (Å²) in [6, 6.07) is 10.4. The molecule has 1 aliphatic heterocycles. The van der Waals surface area contributed by atoms with Gasteiger partial charge in [0, 0.05) is 45.2 Å². The number of halogens is 1. The molecule has 1 unspecified atom stereocenters. The lowest BCUT2D eigenvalue weighted by Crippen LogP contribution is -2.43. The van der Waals surface area contributed by atoms with Crippen LogP contribution in [0.25, 0.3) is 0 Å². The quantitative estimate of drug-likeness (QED) is 0.449. The van der Waals surface area contributed by atoms with Gasteiger partial charge >= 0.3 is 0 Å². The lowest BCUT2D eigenvalue weighted by molar-refractivity contribution is -0.142. The number of benzene rings is 1. The van der Waals surface area contributed by atoms with E-state index in [-0.39, 0.29) is 37.7 Å². The number of likely N-dealkylation sites (tertiary alicyclic amines) is 1. The minimum absolute atomic E-state index is 0.0944. The third kappa shape index (κ3) is 4.42. The van der Waals surface area contributed by atoms with E-state index >= 15 is 0 Å². The van der Waals surface area contributed by atoms with Gasteiger partial charge in [-0.2, -0.15) is 0 Å². The van der Waals surface area contributed by atoms with Crippen molar-refractivity contribution in [2.24, 2.45) is 0 Å². The van der Waals surface area contributed by atoms with Gasteiger partial charge in [0.15, 0.2) is 0 Å². The molecule has 0 aliphatic carbocycles. The Balaban J connectivity index is 1.90. The van der Waals surface area contributed by atoms with E-state index in [4.69, 9.17) is 20.8 Å². The Labute approximate surface area is 180 Å². The average molecular weight is 433 g/mol. The fourth-order valence-electron chi connectivity index (χ4n) is 3.80. The van der Waals surface area contributed by atoms with Crippen molar-refractivity contribution >= 4 is 29.3 Å². The Bertz CT molecular complexity index is 914. The topological polar surface area (TPSA) is 80.1 Å². The summed E-state index contributed by atoms with van der Waals surface area (Å²) in [5.74, 6) is -0.340. The third-order valence-electron chi connectivity index (χ3n) is 5.38. The number of nitrogens with zero attached hydrogens (tertiary/aromatic N) is 2. The smallest absolute Gasteiger partial charge is 0.240 e. The molecule has 0 bridgehead atoms. The minimum Gasteiger partial charge on any atom is -0.467 e. The molecular formula is C22H25ClN2O5. The summed E-state index contributed by atoms with van der Waals surface area (Å²) in [5, 5.41) is 0.360. The zero-order valence-electron chi connectivity index (χ0n) is 17.1. The Kier molecular flexibility index (Phi) is 6.95. The van der Waals surface area contributed by atoms with Gasteiger partial charge in [0.25, 0.3) is 0 Å². The molecule has 0 radical (unpaired) electrons. The minimum atomic E-state index is -1.32. The molecule has 160 valence electrons. The van der Waals surface area contributed by atoms with Crippen molar-refractivity contribution in [3.8, 4) is 0 Å². The first kappa shape index (κ1) is 22.1. The summed E-state index contributed by atoms with van der Waals surface area (Å²) in [4.78, 5) is 42.0. The van der Waals surface area contributed by atoms with Crippen LogP contribution in [0.4, 0.5) is 0 Å². The van der Waals surface area contributed by atoms with Crippen molar-refractivity contribution in [1.82, 2.24) is 9.80 Å². The fourth-order valence-corrected chi connectivity index (χ4v) is 4.12. The molecular weight excluding hydrogens is 408 g/mol. The van der Waals surface area contributed by atoms with Gasteiger partial charge < -0.3 is 14.1 Å². The SMILES string of the molecule is COCCCN1C(=O)CC(CC(=O)N(C)Cc2ccco2)(c2ccccc2Cl)C1=O. The van der Waals surface area contributed by atoms with Crippen molar-refractivity contribution in [2.45, 2.75) is 31.2 Å². The number of ether oxygens (including phenoxy) is 1. The van der Waals surface area contributed by atoms with E-state index in [0.29, 0.717) is 29.4 Å². The molecule has 8 heteroatoms. The van der Waals surface area contributed by atoms with Crippen LogP contribution < -0.4 is 0 Å². The van der Waals surface area contributed by atoms with Crippen molar-refractivity contribution in [3.63, 3.8) is 0 Å². The van der Waals surface area contributed by atoms with Crippen LogP contribution in [0.3, 0.4) is 0 Å². The molecule has 30 heavy (non-hydrogen) atoms. The Hall–Kier alpha value is -2.64. The van der Waals surface area contributed by atoms with Crippen LogP contribution in [0.2, 0.25) is 5.02 Å². The van der Waals surface area contributed by atoms with Crippen molar-refractivity contribution in [2.75, 3.05) is 27.3 Å². The molecule has 0 saturated carbocycles. The molecule has 1 atom stereocenters. The molecule has 0 N–H and O–H groups in total. The van der Waals surface area contributed by atoms with Gasteiger partial charge in [0.1, 0.15) is 5.76 Å². The lowest BCUT2D eigenvalue weighted by Gasteiger charge is -2.29. The highest BCUT2D eigenvalue weighted by atomic mass is 35.5. The second kappa shape index (κ2) is 9.45. The fraction of sp³-hybridized carbons (Fsp3) is 0.409. The van der Waals surface area contributed by atoms with Gasteiger partial charge in [0.2, 0.25) is 17.7 Å². The first-order chi connectivity index (χ1) is 14.4. The normalized spacial score (nSPS) is 18.8. The van der Waals surface area contributed by atoms with Crippen LogP contribution in [0, 0.1) is 0 Å². The molecule has 1 aromatic heterocycles. The van der Waals surface area contributed by atoms with Gasteiger partial charge in [-0.15, -0.1) is 0 Å². The number of hydrogen-bond donors (Lipinski definition) is 0.